The molecule has 29 heavy (non-hydrogen) atoms. The number of hydrogen-bond acceptors (Lipinski definition) is 3. The molecule has 0 unspecified atom stereocenters. The topological polar surface area (TPSA) is 72.2 Å². The third kappa shape index (κ3) is 3.81. The quantitative estimate of drug-likeness (QED) is 0.526. The number of benzene rings is 3. The summed E-state index contributed by atoms with van der Waals surface area (Å²) in [5, 5.41) is 10.4. The molecule has 0 radical (unpaired) electrons. The molecule has 6 heteroatoms. The van der Waals surface area contributed by atoms with Gasteiger partial charge >= 0.3 is 5.97 Å². The molecule has 0 amide bonds. The maximum atomic E-state index is 13.2. The lowest BCUT2D eigenvalue weighted by molar-refractivity contribution is 0.0697. The van der Waals surface area contributed by atoms with Crippen molar-refractivity contribution in [2.24, 2.45) is 0 Å². The van der Waals surface area contributed by atoms with E-state index in [2.05, 4.69) is 4.98 Å². The normalized spacial score (nSPS) is 11.2. The zero-order valence-corrected chi connectivity index (χ0v) is 15.9. The molecule has 1 heterocycles. The van der Waals surface area contributed by atoms with Crippen molar-refractivity contribution < 1.29 is 9.90 Å². The average Bonchev–Trinajstić information content (AvgIpc) is 2.73. The lowest BCUT2D eigenvalue weighted by atomic mass is 10.1. The molecule has 1 aromatic heterocycles. The van der Waals surface area contributed by atoms with E-state index in [0.717, 1.165) is 5.56 Å². The Bertz CT molecular complexity index is 1310. The fourth-order valence-electron chi connectivity index (χ4n) is 3.03. The molecule has 3 aromatic carbocycles. The van der Waals surface area contributed by atoms with Crippen LogP contribution in [0, 0.1) is 0 Å². The predicted molar refractivity (Wildman–Crippen MR) is 115 cm³/mol. The van der Waals surface area contributed by atoms with E-state index in [4.69, 9.17) is 11.6 Å². The monoisotopic (exact) mass is 402 g/mol. The highest BCUT2D eigenvalue weighted by Gasteiger charge is 2.12. The third-order valence-corrected chi connectivity index (χ3v) is 4.70. The van der Waals surface area contributed by atoms with Crippen molar-refractivity contribution in [2.45, 2.75) is 0 Å². The largest absolute Gasteiger partial charge is 0.478 e. The minimum absolute atomic E-state index is 0.0928. The Labute approximate surface area is 171 Å². The van der Waals surface area contributed by atoms with Gasteiger partial charge in [-0.3, -0.25) is 9.36 Å². The number of rotatable bonds is 4. The van der Waals surface area contributed by atoms with Crippen molar-refractivity contribution in [1.29, 1.82) is 0 Å². The molecule has 0 aliphatic carbocycles. The van der Waals surface area contributed by atoms with Gasteiger partial charge < -0.3 is 5.11 Å². The van der Waals surface area contributed by atoms with Crippen molar-refractivity contribution in [3.05, 3.63) is 105 Å². The lowest BCUT2D eigenvalue weighted by Crippen LogP contribution is -2.22. The summed E-state index contributed by atoms with van der Waals surface area (Å²) < 4.78 is 1.42. The first-order valence-electron chi connectivity index (χ1n) is 8.82. The van der Waals surface area contributed by atoms with Gasteiger partial charge in [-0.2, -0.15) is 0 Å². The van der Waals surface area contributed by atoms with Gasteiger partial charge in [-0.25, -0.2) is 9.78 Å². The molecule has 142 valence electrons. The van der Waals surface area contributed by atoms with Gasteiger partial charge in [0, 0.05) is 5.02 Å². The molecule has 0 aliphatic rings. The van der Waals surface area contributed by atoms with E-state index in [1.807, 2.05) is 24.3 Å². The SMILES string of the molecule is O=C(O)c1cccc(-n2c(/C=C/c3ccc(Cl)cc3)nc3ccccc3c2=O)c1. The van der Waals surface area contributed by atoms with E-state index in [-0.39, 0.29) is 11.1 Å². The summed E-state index contributed by atoms with van der Waals surface area (Å²) in [5.74, 6) is -0.668. The van der Waals surface area contributed by atoms with Gasteiger partial charge in [0.15, 0.2) is 0 Å². The first-order chi connectivity index (χ1) is 14.0. The van der Waals surface area contributed by atoms with Gasteiger partial charge in [-0.15, -0.1) is 0 Å². The second kappa shape index (κ2) is 7.73. The number of carbonyl (C=O) groups is 1. The first-order valence-corrected chi connectivity index (χ1v) is 9.20. The van der Waals surface area contributed by atoms with Crippen molar-refractivity contribution in [3.8, 4) is 5.69 Å². The van der Waals surface area contributed by atoms with Crippen LogP contribution < -0.4 is 5.56 Å². The minimum atomic E-state index is -1.06. The summed E-state index contributed by atoms with van der Waals surface area (Å²) in [6.07, 6.45) is 3.55. The van der Waals surface area contributed by atoms with E-state index in [9.17, 15) is 14.7 Å². The fraction of sp³-hybridized carbons (Fsp3) is 0. The van der Waals surface area contributed by atoms with Crippen LogP contribution in [-0.2, 0) is 0 Å². The Morgan fingerprint density at radius 3 is 2.48 bits per heavy atom. The van der Waals surface area contributed by atoms with Gasteiger partial charge in [0.05, 0.1) is 22.2 Å². The van der Waals surface area contributed by atoms with Crippen molar-refractivity contribution >= 4 is 40.6 Å². The number of hydrogen-bond donors (Lipinski definition) is 1. The highest BCUT2D eigenvalue weighted by Crippen LogP contribution is 2.17. The standard InChI is InChI=1S/C23H15ClN2O3/c24-17-11-8-15(9-12-17)10-13-21-25-20-7-2-1-6-19(20)22(27)26(21)18-5-3-4-16(14-18)23(28)29/h1-14H,(H,28,29)/b13-10+. The molecule has 0 saturated carbocycles. The van der Waals surface area contributed by atoms with Crippen molar-refractivity contribution in [1.82, 2.24) is 9.55 Å². The summed E-state index contributed by atoms with van der Waals surface area (Å²) in [4.78, 5) is 29.2. The maximum absolute atomic E-state index is 13.2. The van der Waals surface area contributed by atoms with Crippen LogP contribution >= 0.6 is 11.6 Å². The smallest absolute Gasteiger partial charge is 0.335 e. The fourth-order valence-corrected chi connectivity index (χ4v) is 3.16. The molecular weight excluding hydrogens is 388 g/mol. The van der Waals surface area contributed by atoms with Crippen LogP contribution in [0.25, 0.3) is 28.7 Å². The molecule has 1 N–H and O–H groups in total. The molecule has 4 rings (SSSR count). The number of nitrogens with zero attached hydrogens (tertiary/aromatic N) is 2. The number of aromatic nitrogens is 2. The molecule has 4 aromatic rings. The molecule has 5 nitrogen and oxygen atoms in total. The van der Waals surface area contributed by atoms with Crippen LogP contribution in [-0.4, -0.2) is 20.6 Å². The zero-order valence-electron chi connectivity index (χ0n) is 15.1. The Morgan fingerprint density at radius 2 is 1.72 bits per heavy atom. The number of aromatic carboxylic acids is 1. The Balaban J connectivity index is 1.94. The summed E-state index contributed by atoms with van der Waals surface area (Å²) >= 11 is 5.93. The van der Waals surface area contributed by atoms with E-state index < -0.39 is 5.97 Å². The Kier molecular flexibility index (Phi) is 4.97. The number of halogens is 1. The van der Waals surface area contributed by atoms with Crippen LogP contribution in [0.4, 0.5) is 0 Å². The van der Waals surface area contributed by atoms with E-state index in [0.29, 0.717) is 27.4 Å². The van der Waals surface area contributed by atoms with Crippen molar-refractivity contribution in [2.75, 3.05) is 0 Å². The first kappa shape index (κ1) is 18.7. The van der Waals surface area contributed by atoms with Crippen molar-refractivity contribution in [3.63, 3.8) is 0 Å². The highest BCUT2D eigenvalue weighted by atomic mass is 35.5. The maximum Gasteiger partial charge on any atom is 0.335 e. The summed E-state index contributed by atoms with van der Waals surface area (Å²) in [6.45, 7) is 0. The number of carboxylic acid groups (broad SMARTS) is 1. The van der Waals surface area contributed by atoms with Gasteiger partial charge in [0.2, 0.25) is 0 Å². The van der Waals surface area contributed by atoms with Crippen LogP contribution in [0.3, 0.4) is 0 Å². The predicted octanol–water partition coefficient (Wildman–Crippen LogP) is 4.91. The third-order valence-electron chi connectivity index (χ3n) is 4.45. The van der Waals surface area contributed by atoms with Gasteiger partial charge in [-0.05, 0) is 54.1 Å². The second-order valence-corrected chi connectivity index (χ2v) is 6.80. The van der Waals surface area contributed by atoms with E-state index in [1.54, 1.807) is 48.5 Å². The molecular formula is C23H15ClN2O3. The second-order valence-electron chi connectivity index (χ2n) is 6.37. The summed E-state index contributed by atoms with van der Waals surface area (Å²) in [7, 11) is 0. The molecule has 0 saturated heterocycles. The molecule has 0 bridgehead atoms. The van der Waals surface area contributed by atoms with Crippen LogP contribution in [0.5, 0.6) is 0 Å². The molecule has 0 aliphatic heterocycles. The average molecular weight is 403 g/mol. The summed E-state index contributed by atoms with van der Waals surface area (Å²) in [5.41, 5.74) is 1.72. The number of fused-ring (bicyclic) bond motifs is 1. The summed E-state index contributed by atoms with van der Waals surface area (Å²) in [6, 6.07) is 20.6. The van der Waals surface area contributed by atoms with Crippen LogP contribution in [0.1, 0.15) is 21.7 Å². The van der Waals surface area contributed by atoms with E-state index in [1.165, 1.54) is 16.7 Å². The van der Waals surface area contributed by atoms with Crippen LogP contribution in [0.2, 0.25) is 5.02 Å². The minimum Gasteiger partial charge on any atom is -0.478 e. The highest BCUT2D eigenvalue weighted by molar-refractivity contribution is 6.30. The zero-order chi connectivity index (χ0) is 20.4. The van der Waals surface area contributed by atoms with Gasteiger partial charge in [0.1, 0.15) is 5.82 Å². The van der Waals surface area contributed by atoms with Crippen LogP contribution in [0.15, 0.2) is 77.6 Å². The Hall–Kier alpha value is -3.70. The van der Waals surface area contributed by atoms with Gasteiger partial charge in [-0.1, -0.05) is 48.0 Å². The number of carboxylic acids is 1. The molecule has 0 fully saturated rings. The number of para-hydroxylation sites is 1. The van der Waals surface area contributed by atoms with E-state index >= 15 is 0 Å². The molecule has 0 spiro atoms. The Morgan fingerprint density at radius 1 is 0.966 bits per heavy atom. The van der Waals surface area contributed by atoms with Gasteiger partial charge in [0.25, 0.3) is 5.56 Å². The lowest BCUT2D eigenvalue weighted by Gasteiger charge is -2.12. The molecule has 0 atom stereocenters.